The Hall–Kier alpha value is -3.80. The maximum absolute atomic E-state index is 13.6. The highest BCUT2D eigenvalue weighted by Crippen LogP contribution is 2.50. The second kappa shape index (κ2) is 17.9. The molecule has 0 aliphatic carbocycles. The first-order valence-corrected chi connectivity index (χ1v) is 19.1. The second-order valence-corrected chi connectivity index (χ2v) is 15.4. The van der Waals surface area contributed by atoms with Crippen molar-refractivity contribution in [2.75, 3.05) is 0 Å². The minimum absolute atomic E-state index is 0.102. The zero-order valence-corrected chi connectivity index (χ0v) is 31.9. The third kappa shape index (κ3) is 10.4. The molecule has 0 radical (unpaired) electrons. The van der Waals surface area contributed by atoms with Crippen LogP contribution < -0.4 is 14.2 Å². The minimum Gasteiger partial charge on any atom is -0.508 e. The van der Waals surface area contributed by atoms with E-state index in [1.54, 1.807) is 6.07 Å². The number of unbranched alkanes of at least 4 members (excludes halogenated alkanes) is 4. The highest BCUT2D eigenvalue weighted by molar-refractivity contribution is 6.31. The molecule has 0 bridgehead atoms. The molecule has 0 aromatic heterocycles. The Bertz CT molecular complexity index is 1620. The molecule has 6 nitrogen and oxygen atoms in total. The number of rotatable bonds is 17. The van der Waals surface area contributed by atoms with Crippen molar-refractivity contribution in [2.45, 2.75) is 144 Å². The summed E-state index contributed by atoms with van der Waals surface area (Å²) in [6, 6.07) is 13.7. The van der Waals surface area contributed by atoms with Gasteiger partial charge in [0.15, 0.2) is 0 Å². The Balaban J connectivity index is 1.63. The van der Waals surface area contributed by atoms with E-state index in [-0.39, 0.29) is 17.2 Å². The summed E-state index contributed by atoms with van der Waals surface area (Å²) in [5.74, 6) is 0.135. The van der Waals surface area contributed by atoms with Gasteiger partial charge in [0.05, 0.1) is 5.56 Å². The van der Waals surface area contributed by atoms with E-state index in [1.165, 1.54) is 6.42 Å². The van der Waals surface area contributed by atoms with Crippen molar-refractivity contribution in [1.29, 1.82) is 0 Å². The van der Waals surface area contributed by atoms with Crippen molar-refractivity contribution in [3.05, 3.63) is 70.3 Å². The van der Waals surface area contributed by atoms with Crippen LogP contribution in [0.25, 0.3) is 11.1 Å². The standard InChI is InChI=1S/C44H60O6/c1-9-11-13-18-32-25-37(45)34(22-20-30(5)17-15-16-29(3)4)38(26-32)48-42(46)43(47)49-39-27-33(19-14-12-10-2)28-40-41(39)35-24-31(6)21-23-36(35)44(7,8)50-40/h21,23-30,45H,9-20,22H2,1-8H3/t30-/m0/s1. The highest BCUT2D eigenvalue weighted by Gasteiger charge is 2.36. The van der Waals surface area contributed by atoms with Crippen molar-refractivity contribution in [1.82, 2.24) is 0 Å². The molecule has 6 heteroatoms. The molecule has 1 N–H and O–H groups in total. The van der Waals surface area contributed by atoms with Crippen LogP contribution in [0.15, 0.2) is 42.5 Å². The van der Waals surface area contributed by atoms with Gasteiger partial charge < -0.3 is 19.3 Å². The molecule has 3 aromatic rings. The molecule has 0 unspecified atom stereocenters. The van der Waals surface area contributed by atoms with Crippen LogP contribution in [-0.2, 0) is 34.5 Å². The number of benzene rings is 3. The Kier molecular flexibility index (Phi) is 14.0. The number of aromatic hydroxyl groups is 1. The molecule has 0 amide bonds. The maximum atomic E-state index is 13.6. The molecular formula is C44H60O6. The first-order chi connectivity index (χ1) is 23.8. The molecular weight excluding hydrogens is 624 g/mol. The lowest BCUT2D eigenvalue weighted by molar-refractivity contribution is -0.156. The van der Waals surface area contributed by atoms with Gasteiger partial charge in [-0.3, -0.25) is 0 Å². The van der Waals surface area contributed by atoms with Gasteiger partial charge in [0.25, 0.3) is 0 Å². The minimum atomic E-state index is -1.12. The molecule has 1 aliphatic heterocycles. The van der Waals surface area contributed by atoms with Crippen LogP contribution in [0.4, 0.5) is 0 Å². The number of fused-ring (bicyclic) bond motifs is 3. The summed E-state index contributed by atoms with van der Waals surface area (Å²) in [7, 11) is 0. The van der Waals surface area contributed by atoms with Gasteiger partial charge in [-0.05, 0) is 112 Å². The number of carbonyl (C=O) groups excluding carboxylic acids is 2. The van der Waals surface area contributed by atoms with Gasteiger partial charge in [-0.15, -0.1) is 0 Å². The van der Waals surface area contributed by atoms with E-state index < -0.39 is 17.5 Å². The van der Waals surface area contributed by atoms with Crippen LogP contribution in [0.1, 0.15) is 140 Å². The quantitative estimate of drug-likeness (QED) is 0.0659. The molecule has 0 saturated heterocycles. The first kappa shape index (κ1) is 39.0. The number of hydrogen-bond donors (Lipinski definition) is 1. The van der Waals surface area contributed by atoms with Crippen molar-refractivity contribution in [3.63, 3.8) is 0 Å². The lowest BCUT2D eigenvalue weighted by Crippen LogP contribution is -2.30. The normalized spacial score (nSPS) is 13.7. The summed E-state index contributed by atoms with van der Waals surface area (Å²) >= 11 is 0. The van der Waals surface area contributed by atoms with E-state index in [2.05, 4.69) is 46.8 Å². The lowest BCUT2D eigenvalue weighted by Gasteiger charge is -2.36. The van der Waals surface area contributed by atoms with Gasteiger partial charge in [0.1, 0.15) is 28.6 Å². The molecule has 0 saturated carbocycles. The Morgan fingerprint density at radius 2 is 1.38 bits per heavy atom. The summed E-state index contributed by atoms with van der Waals surface area (Å²) < 4.78 is 18.3. The zero-order valence-electron chi connectivity index (χ0n) is 31.9. The van der Waals surface area contributed by atoms with Gasteiger partial charge >= 0.3 is 11.9 Å². The molecule has 50 heavy (non-hydrogen) atoms. The van der Waals surface area contributed by atoms with Gasteiger partial charge in [0, 0.05) is 11.1 Å². The SMILES string of the molecule is CCCCCc1cc(O)c(CC[C@@H](C)CCCC(C)C)c(OC(=O)C(=O)Oc2cc(CCCCC)cc3c2-c2cc(C)ccc2C(C)(C)O3)c1. The lowest BCUT2D eigenvalue weighted by atomic mass is 9.84. The smallest absolute Gasteiger partial charge is 0.423 e. The average molecular weight is 685 g/mol. The van der Waals surface area contributed by atoms with Crippen LogP contribution in [0, 0.1) is 18.8 Å². The van der Waals surface area contributed by atoms with Crippen molar-refractivity contribution in [2.24, 2.45) is 11.8 Å². The number of hydrogen-bond acceptors (Lipinski definition) is 6. The van der Waals surface area contributed by atoms with E-state index in [0.29, 0.717) is 35.1 Å². The van der Waals surface area contributed by atoms with E-state index >= 15 is 0 Å². The van der Waals surface area contributed by atoms with Gasteiger partial charge in [-0.2, -0.15) is 0 Å². The fourth-order valence-electron chi connectivity index (χ4n) is 6.96. The fraction of sp³-hybridized carbons (Fsp3) is 0.545. The summed E-state index contributed by atoms with van der Waals surface area (Å²) in [4.78, 5) is 27.2. The van der Waals surface area contributed by atoms with E-state index in [1.807, 2.05) is 45.0 Å². The third-order valence-electron chi connectivity index (χ3n) is 9.90. The number of carbonyl (C=O) groups is 2. The second-order valence-electron chi connectivity index (χ2n) is 15.4. The number of esters is 2. The van der Waals surface area contributed by atoms with Crippen LogP contribution in [0.3, 0.4) is 0 Å². The summed E-state index contributed by atoms with van der Waals surface area (Å²) in [6.45, 7) is 17.1. The van der Waals surface area contributed by atoms with E-state index in [0.717, 1.165) is 98.4 Å². The Morgan fingerprint density at radius 3 is 2.02 bits per heavy atom. The molecule has 0 fully saturated rings. The number of phenolic OH excluding ortho intramolecular Hbond substituents is 1. The van der Waals surface area contributed by atoms with E-state index in [4.69, 9.17) is 14.2 Å². The number of ether oxygens (including phenoxy) is 3. The maximum Gasteiger partial charge on any atom is 0.423 e. The van der Waals surface area contributed by atoms with Gasteiger partial charge in [0.2, 0.25) is 0 Å². The van der Waals surface area contributed by atoms with Crippen molar-refractivity contribution in [3.8, 4) is 34.1 Å². The largest absolute Gasteiger partial charge is 0.508 e. The van der Waals surface area contributed by atoms with Crippen LogP contribution in [0.5, 0.6) is 23.0 Å². The molecule has 3 aromatic carbocycles. The Morgan fingerprint density at radius 1 is 0.760 bits per heavy atom. The summed E-state index contributed by atoms with van der Waals surface area (Å²) in [5.41, 5.74) is 5.44. The van der Waals surface area contributed by atoms with Crippen molar-refractivity contribution >= 4 is 11.9 Å². The molecule has 272 valence electrons. The first-order valence-electron chi connectivity index (χ1n) is 19.1. The van der Waals surface area contributed by atoms with Gasteiger partial charge in [-0.1, -0.05) is 103 Å². The van der Waals surface area contributed by atoms with Crippen LogP contribution in [-0.4, -0.2) is 17.0 Å². The van der Waals surface area contributed by atoms with Gasteiger partial charge in [-0.25, -0.2) is 9.59 Å². The van der Waals surface area contributed by atoms with Crippen LogP contribution >= 0.6 is 0 Å². The Labute approximate surface area is 300 Å². The third-order valence-corrected chi connectivity index (χ3v) is 9.90. The predicted molar refractivity (Wildman–Crippen MR) is 202 cm³/mol. The zero-order chi connectivity index (χ0) is 36.4. The summed E-state index contributed by atoms with van der Waals surface area (Å²) in [5, 5.41) is 11.2. The fourth-order valence-corrected chi connectivity index (χ4v) is 6.96. The molecule has 1 aliphatic rings. The molecule has 1 heterocycles. The predicted octanol–water partition coefficient (Wildman–Crippen LogP) is 11.4. The van der Waals surface area contributed by atoms with E-state index in [9.17, 15) is 14.7 Å². The van der Waals surface area contributed by atoms with Crippen molar-refractivity contribution < 1.29 is 28.9 Å². The molecule has 1 atom stereocenters. The molecule has 0 spiro atoms. The average Bonchev–Trinajstić information content (AvgIpc) is 3.03. The topological polar surface area (TPSA) is 82.1 Å². The summed E-state index contributed by atoms with van der Waals surface area (Å²) in [6.07, 6.45) is 12.6. The van der Waals surface area contributed by atoms with Crippen LogP contribution in [0.2, 0.25) is 0 Å². The monoisotopic (exact) mass is 684 g/mol. The highest BCUT2D eigenvalue weighted by atomic mass is 16.6. The number of phenols is 1. The number of aryl methyl sites for hydroxylation is 3. The molecule has 4 rings (SSSR count).